The quantitative estimate of drug-likeness (QED) is 0.841. The number of nitrogens with one attached hydrogen (secondary N) is 1. The molecule has 2 aliphatic heterocycles. The van der Waals surface area contributed by atoms with Crippen molar-refractivity contribution in [3.05, 3.63) is 0 Å². The van der Waals surface area contributed by atoms with Gasteiger partial charge in [-0.15, -0.1) is 0 Å². The van der Waals surface area contributed by atoms with E-state index >= 15 is 0 Å². The van der Waals surface area contributed by atoms with E-state index < -0.39 is 0 Å². The fourth-order valence-corrected chi connectivity index (χ4v) is 3.78. The Kier molecular flexibility index (Phi) is 5.70. The SMILES string of the molecule is CC(C)(C)C1CCCN(CCC2CCCNC2)CC1. The Morgan fingerprint density at radius 2 is 1.89 bits per heavy atom. The molecule has 0 aromatic rings. The van der Waals surface area contributed by atoms with Gasteiger partial charge in [-0.2, -0.15) is 0 Å². The minimum absolute atomic E-state index is 0.503. The van der Waals surface area contributed by atoms with Gasteiger partial charge in [0, 0.05) is 0 Å². The number of piperidine rings is 1. The van der Waals surface area contributed by atoms with Crippen LogP contribution >= 0.6 is 0 Å². The highest BCUT2D eigenvalue weighted by atomic mass is 15.1. The van der Waals surface area contributed by atoms with E-state index in [1.165, 1.54) is 71.2 Å². The summed E-state index contributed by atoms with van der Waals surface area (Å²) in [5.74, 6) is 1.87. The van der Waals surface area contributed by atoms with Crippen molar-refractivity contribution < 1.29 is 0 Å². The zero-order valence-electron chi connectivity index (χ0n) is 13.4. The molecule has 2 heterocycles. The van der Waals surface area contributed by atoms with Crippen molar-refractivity contribution >= 4 is 0 Å². The molecule has 2 heteroatoms. The van der Waals surface area contributed by atoms with E-state index in [1.54, 1.807) is 0 Å². The van der Waals surface area contributed by atoms with E-state index in [4.69, 9.17) is 0 Å². The fraction of sp³-hybridized carbons (Fsp3) is 1.00. The standard InChI is InChI=1S/C17H34N2/c1-17(2,3)16-7-5-11-19(13-9-16)12-8-15-6-4-10-18-14-15/h15-16,18H,4-14H2,1-3H3. The van der Waals surface area contributed by atoms with Crippen LogP contribution < -0.4 is 5.32 Å². The second kappa shape index (κ2) is 7.08. The Balaban J connectivity index is 1.70. The average Bonchev–Trinajstić information content (AvgIpc) is 2.62. The van der Waals surface area contributed by atoms with Gasteiger partial charge in [0.05, 0.1) is 0 Å². The monoisotopic (exact) mass is 266 g/mol. The topological polar surface area (TPSA) is 15.3 Å². The summed E-state index contributed by atoms with van der Waals surface area (Å²) in [6.07, 6.45) is 8.50. The van der Waals surface area contributed by atoms with Crippen molar-refractivity contribution in [2.45, 2.75) is 59.3 Å². The third kappa shape index (κ3) is 5.07. The summed E-state index contributed by atoms with van der Waals surface area (Å²) in [4.78, 5) is 2.74. The lowest BCUT2D eigenvalue weighted by Gasteiger charge is -2.30. The molecule has 0 aromatic heterocycles. The summed E-state index contributed by atoms with van der Waals surface area (Å²) in [5, 5.41) is 3.54. The molecule has 2 unspecified atom stereocenters. The Morgan fingerprint density at radius 3 is 2.58 bits per heavy atom. The van der Waals surface area contributed by atoms with Crippen LogP contribution in [-0.4, -0.2) is 37.6 Å². The third-order valence-corrected chi connectivity index (χ3v) is 5.30. The lowest BCUT2D eigenvalue weighted by Crippen LogP contribution is -2.33. The van der Waals surface area contributed by atoms with Crippen molar-refractivity contribution in [2.24, 2.45) is 17.3 Å². The summed E-state index contributed by atoms with van der Waals surface area (Å²) in [7, 11) is 0. The van der Waals surface area contributed by atoms with Crippen LogP contribution in [0.15, 0.2) is 0 Å². The molecule has 0 amide bonds. The molecule has 0 spiro atoms. The molecular weight excluding hydrogens is 232 g/mol. The molecule has 0 bridgehead atoms. The van der Waals surface area contributed by atoms with Crippen LogP contribution in [0.1, 0.15) is 59.3 Å². The molecule has 0 aromatic carbocycles. The van der Waals surface area contributed by atoms with Gasteiger partial charge >= 0.3 is 0 Å². The summed E-state index contributed by atoms with van der Waals surface area (Å²) in [6, 6.07) is 0. The lowest BCUT2D eigenvalue weighted by atomic mass is 9.77. The Hall–Kier alpha value is -0.0800. The molecule has 0 saturated carbocycles. The molecule has 2 nitrogen and oxygen atoms in total. The summed E-state index contributed by atoms with van der Waals surface area (Å²) in [5.41, 5.74) is 0.503. The van der Waals surface area contributed by atoms with Gasteiger partial charge < -0.3 is 10.2 Å². The van der Waals surface area contributed by atoms with E-state index in [1.807, 2.05) is 0 Å². The normalized spacial score (nSPS) is 31.1. The summed E-state index contributed by atoms with van der Waals surface area (Å²) < 4.78 is 0. The van der Waals surface area contributed by atoms with Crippen molar-refractivity contribution in [1.29, 1.82) is 0 Å². The molecule has 2 fully saturated rings. The second-order valence-electron chi connectivity index (χ2n) is 7.84. The van der Waals surface area contributed by atoms with Crippen molar-refractivity contribution in [1.82, 2.24) is 10.2 Å². The van der Waals surface area contributed by atoms with Gasteiger partial charge in [-0.1, -0.05) is 20.8 Å². The predicted molar refractivity (Wildman–Crippen MR) is 83.4 cm³/mol. The van der Waals surface area contributed by atoms with Crippen LogP contribution in [0, 0.1) is 17.3 Å². The maximum Gasteiger partial charge on any atom is -0.00156 e. The van der Waals surface area contributed by atoms with Crippen molar-refractivity contribution in [2.75, 3.05) is 32.7 Å². The molecule has 2 atom stereocenters. The van der Waals surface area contributed by atoms with E-state index in [0.717, 1.165) is 11.8 Å². The summed E-state index contributed by atoms with van der Waals surface area (Å²) >= 11 is 0. The number of rotatable bonds is 3. The van der Waals surface area contributed by atoms with Gasteiger partial charge in [0.15, 0.2) is 0 Å². The molecule has 2 rings (SSSR count). The van der Waals surface area contributed by atoms with Crippen LogP contribution in [0.3, 0.4) is 0 Å². The van der Waals surface area contributed by atoms with E-state index in [9.17, 15) is 0 Å². The molecule has 112 valence electrons. The highest BCUT2D eigenvalue weighted by Crippen LogP contribution is 2.34. The minimum Gasteiger partial charge on any atom is -0.316 e. The third-order valence-electron chi connectivity index (χ3n) is 5.30. The van der Waals surface area contributed by atoms with Gasteiger partial charge in [-0.05, 0) is 88.5 Å². The minimum atomic E-state index is 0.503. The van der Waals surface area contributed by atoms with Gasteiger partial charge in [0.1, 0.15) is 0 Å². The van der Waals surface area contributed by atoms with Crippen LogP contribution in [-0.2, 0) is 0 Å². The van der Waals surface area contributed by atoms with Crippen LogP contribution in [0.2, 0.25) is 0 Å². The Bertz CT molecular complexity index is 250. The number of nitrogens with zero attached hydrogens (tertiary/aromatic N) is 1. The van der Waals surface area contributed by atoms with Crippen molar-refractivity contribution in [3.8, 4) is 0 Å². The first kappa shape index (κ1) is 15.3. The average molecular weight is 266 g/mol. The smallest absolute Gasteiger partial charge is 0.00156 e. The van der Waals surface area contributed by atoms with Gasteiger partial charge in [0.25, 0.3) is 0 Å². The molecule has 19 heavy (non-hydrogen) atoms. The second-order valence-corrected chi connectivity index (χ2v) is 7.84. The molecule has 0 radical (unpaired) electrons. The van der Waals surface area contributed by atoms with Gasteiger partial charge in [-0.3, -0.25) is 0 Å². The molecule has 2 aliphatic rings. The zero-order valence-corrected chi connectivity index (χ0v) is 13.4. The van der Waals surface area contributed by atoms with E-state index in [2.05, 4.69) is 31.0 Å². The predicted octanol–water partition coefficient (Wildman–Crippen LogP) is 3.52. The maximum absolute atomic E-state index is 3.54. The zero-order chi connectivity index (χ0) is 13.7. The highest BCUT2D eigenvalue weighted by Gasteiger charge is 2.27. The van der Waals surface area contributed by atoms with E-state index in [0.29, 0.717) is 5.41 Å². The first-order valence-electron chi connectivity index (χ1n) is 8.49. The van der Waals surface area contributed by atoms with Gasteiger partial charge in [-0.25, -0.2) is 0 Å². The van der Waals surface area contributed by atoms with Crippen molar-refractivity contribution in [3.63, 3.8) is 0 Å². The van der Waals surface area contributed by atoms with E-state index in [-0.39, 0.29) is 0 Å². The molecule has 1 N–H and O–H groups in total. The number of likely N-dealkylation sites (tertiary alicyclic amines) is 1. The molecule has 0 aliphatic carbocycles. The maximum atomic E-state index is 3.54. The molecule has 2 saturated heterocycles. The Labute approximate surface area is 120 Å². The lowest BCUT2D eigenvalue weighted by molar-refractivity contribution is 0.202. The fourth-order valence-electron chi connectivity index (χ4n) is 3.78. The molecular formula is C17H34N2. The largest absolute Gasteiger partial charge is 0.316 e. The van der Waals surface area contributed by atoms with Crippen LogP contribution in [0.5, 0.6) is 0 Å². The van der Waals surface area contributed by atoms with Crippen LogP contribution in [0.4, 0.5) is 0 Å². The first-order valence-corrected chi connectivity index (χ1v) is 8.49. The highest BCUT2D eigenvalue weighted by molar-refractivity contribution is 4.79. The Morgan fingerprint density at radius 1 is 1.05 bits per heavy atom. The number of hydrogen-bond acceptors (Lipinski definition) is 2. The van der Waals surface area contributed by atoms with Crippen LogP contribution in [0.25, 0.3) is 0 Å². The summed E-state index contributed by atoms with van der Waals surface area (Å²) in [6.45, 7) is 13.8. The first-order chi connectivity index (χ1) is 9.05. The number of hydrogen-bond donors (Lipinski definition) is 1. The van der Waals surface area contributed by atoms with Gasteiger partial charge in [0.2, 0.25) is 0 Å².